The first-order valence-electron chi connectivity index (χ1n) is 5.80. The number of hydrogen-bond acceptors (Lipinski definition) is 2. The Morgan fingerprint density at radius 2 is 1.93 bits per heavy atom. The molecule has 0 heterocycles. The number of methoxy groups -OCH3 is 1. The quantitative estimate of drug-likeness (QED) is 0.680. The van der Waals surface area contributed by atoms with Gasteiger partial charge >= 0.3 is 0 Å². The van der Waals surface area contributed by atoms with Crippen LogP contribution < -0.4 is 5.32 Å². The monoisotopic (exact) mass is 199 g/mol. The average Bonchev–Trinajstić information content (AvgIpc) is 2.82. The molecule has 1 N–H and O–H groups in total. The molecule has 1 fully saturated rings. The zero-order chi connectivity index (χ0) is 10.6. The van der Waals surface area contributed by atoms with Crippen molar-refractivity contribution in [2.24, 2.45) is 11.3 Å². The molecule has 0 aromatic heterocycles. The molecule has 2 nitrogen and oxygen atoms in total. The molecule has 1 aliphatic rings. The molecule has 2 heteroatoms. The van der Waals surface area contributed by atoms with E-state index in [9.17, 15) is 0 Å². The van der Waals surface area contributed by atoms with Crippen molar-refractivity contribution >= 4 is 0 Å². The molecule has 84 valence electrons. The molecule has 1 aliphatic carbocycles. The van der Waals surface area contributed by atoms with E-state index in [1.807, 2.05) is 0 Å². The summed E-state index contributed by atoms with van der Waals surface area (Å²) >= 11 is 0. The van der Waals surface area contributed by atoms with Gasteiger partial charge in [-0.25, -0.2) is 0 Å². The van der Waals surface area contributed by atoms with Gasteiger partial charge in [-0.05, 0) is 37.5 Å². The van der Waals surface area contributed by atoms with Crippen molar-refractivity contribution in [1.29, 1.82) is 0 Å². The Balaban J connectivity index is 2.17. The fourth-order valence-electron chi connectivity index (χ4n) is 2.20. The Bertz CT molecular complexity index is 164. The third-order valence-corrected chi connectivity index (χ3v) is 3.04. The summed E-state index contributed by atoms with van der Waals surface area (Å²) in [6.07, 6.45) is 4.20. The lowest BCUT2D eigenvalue weighted by atomic mass is 9.94. The minimum absolute atomic E-state index is 0.490. The van der Waals surface area contributed by atoms with E-state index in [1.165, 1.54) is 25.8 Å². The van der Waals surface area contributed by atoms with E-state index in [0.29, 0.717) is 11.5 Å². The molecule has 1 saturated carbocycles. The molecule has 14 heavy (non-hydrogen) atoms. The first kappa shape index (κ1) is 12.0. The Kier molecular flexibility index (Phi) is 4.39. The van der Waals surface area contributed by atoms with Gasteiger partial charge in [-0.2, -0.15) is 0 Å². The van der Waals surface area contributed by atoms with E-state index in [2.05, 4.69) is 26.1 Å². The second-order valence-corrected chi connectivity index (χ2v) is 5.34. The Labute approximate surface area is 88.4 Å². The summed E-state index contributed by atoms with van der Waals surface area (Å²) in [5, 5.41) is 3.57. The first-order valence-corrected chi connectivity index (χ1v) is 5.80. The topological polar surface area (TPSA) is 21.3 Å². The minimum Gasteiger partial charge on any atom is -0.383 e. The summed E-state index contributed by atoms with van der Waals surface area (Å²) in [7, 11) is 1.76. The second kappa shape index (κ2) is 5.13. The molecular formula is C12H25NO. The number of ether oxygens (including phenoxy) is 1. The molecule has 0 bridgehead atoms. The predicted molar refractivity (Wildman–Crippen MR) is 60.5 cm³/mol. The second-order valence-electron chi connectivity index (χ2n) is 5.34. The van der Waals surface area contributed by atoms with Crippen LogP contribution in [0.3, 0.4) is 0 Å². The van der Waals surface area contributed by atoms with Crippen LogP contribution in [0.1, 0.15) is 40.0 Å². The zero-order valence-corrected chi connectivity index (χ0v) is 10.1. The Morgan fingerprint density at radius 3 is 2.36 bits per heavy atom. The maximum atomic E-state index is 5.11. The highest BCUT2D eigenvalue weighted by molar-refractivity contribution is 4.95. The van der Waals surface area contributed by atoms with Gasteiger partial charge in [0.05, 0.1) is 6.61 Å². The Morgan fingerprint density at radius 1 is 1.29 bits per heavy atom. The van der Waals surface area contributed by atoms with Crippen LogP contribution in [0.2, 0.25) is 0 Å². The van der Waals surface area contributed by atoms with E-state index in [-0.39, 0.29) is 0 Å². The fourth-order valence-corrected chi connectivity index (χ4v) is 2.20. The highest BCUT2D eigenvalue weighted by Gasteiger charge is 2.42. The maximum Gasteiger partial charge on any atom is 0.0613 e. The van der Waals surface area contributed by atoms with Crippen LogP contribution in [-0.4, -0.2) is 26.3 Å². The summed E-state index contributed by atoms with van der Waals surface area (Å²) in [6, 6.07) is 0.490. The highest BCUT2D eigenvalue weighted by atomic mass is 16.5. The van der Waals surface area contributed by atoms with E-state index in [4.69, 9.17) is 4.74 Å². The van der Waals surface area contributed by atoms with Gasteiger partial charge in [0.15, 0.2) is 0 Å². The molecular weight excluding hydrogens is 174 g/mol. The molecule has 0 radical (unpaired) electrons. The first-order chi connectivity index (χ1) is 6.58. The third-order valence-electron chi connectivity index (χ3n) is 3.04. The van der Waals surface area contributed by atoms with Crippen LogP contribution in [-0.2, 0) is 4.74 Å². The molecule has 0 spiro atoms. The standard InChI is InChI=1S/C12H25NO/c1-10(2)7-12(5-6-12)9-13-11(3)8-14-4/h10-11,13H,5-9H2,1-4H3. The lowest BCUT2D eigenvalue weighted by Gasteiger charge is -2.21. The molecule has 0 amide bonds. The van der Waals surface area contributed by atoms with Gasteiger partial charge in [0.2, 0.25) is 0 Å². The van der Waals surface area contributed by atoms with Gasteiger partial charge in [0.25, 0.3) is 0 Å². The molecule has 0 saturated heterocycles. The van der Waals surface area contributed by atoms with Crippen LogP contribution in [0.25, 0.3) is 0 Å². The van der Waals surface area contributed by atoms with E-state index in [0.717, 1.165) is 12.5 Å². The third kappa shape index (κ3) is 3.97. The van der Waals surface area contributed by atoms with Crippen LogP contribution in [0.15, 0.2) is 0 Å². The molecule has 0 aromatic carbocycles. The molecule has 1 rings (SSSR count). The average molecular weight is 199 g/mol. The van der Waals surface area contributed by atoms with Gasteiger partial charge in [-0.15, -0.1) is 0 Å². The normalized spacial score (nSPS) is 21.2. The molecule has 1 atom stereocenters. The highest BCUT2D eigenvalue weighted by Crippen LogP contribution is 2.50. The van der Waals surface area contributed by atoms with Gasteiger partial charge in [0.1, 0.15) is 0 Å². The van der Waals surface area contributed by atoms with Crippen molar-refractivity contribution in [3.63, 3.8) is 0 Å². The SMILES string of the molecule is COCC(C)NCC1(CC(C)C)CC1. The van der Waals surface area contributed by atoms with Crippen molar-refractivity contribution in [3.8, 4) is 0 Å². The Hall–Kier alpha value is -0.0800. The summed E-state index contributed by atoms with van der Waals surface area (Å²) in [4.78, 5) is 0. The van der Waals surface area contributed by atoms with Crippen LogP contribution in [0, 0.1) is 11.3 Å². The van der Waals surface area contributed by atoms with Gasteiger partial charge in [-0.1, -0.05) is 13.8 Å². The van der Waals surface area contributed by atoms with Crippen molar-refractivity contribution < 1.29 is 4.74 Å². The largest absolute Gasteiger partial charge is 0.383 e. The van der Waals surface area contributed by atoms with E-state index in [1.54, 1.807) is 7.11 Å². The van der Waals surface area contributed by atoms with Crippen LogP contribution in [0.4, 0.5) is 0 Å². The van der Waals surface area contributed by atoms with Crippen LogP contribution >= 0.6 is 0 Å². The lowest BCUT2D eigenvalue weighted by Crippen LogP contribution is -2.35. The maximum absolute atomic E-state index is 5.11. The fraction of sp³-hybridized carbons (Fsp3) is 1.00. The molecule has 0 aromatic rings. The molecule has 1 unspecified atom stereocenters. The minimum atomic E-state index is 0.490. The summed E-state index contributed by atoms with van der Waals surface area (Å²) in [6.45, 7) is 8.82. The van der Waals surface area contributed by atoms with Gasteiger partial charge in [-0.3, -0.25) is 0 Å². The van der Waals surface area contributed by atoms with Gasteiger partial charge < -0.3 is 10.1 Å². The molecule has 0 aliphatic heterocycles. The van der Waals surface area contributed by atoms with Crippen molar-refractivity contribution in [3.05, 3.63) is 0 Å². The predicted octanol–water partition coefficient (Wildman–Crippen LogP) is 2.44. The van der Waals surface area contributed by atoms with E-state index >= 15 is 0 Å². The van der Waals surface area contributed by atoms with E-state index < -0.39 is 0 Å². The smallest absolute Gasteiger partial charge is 0.0613 e. The summed E-state index contributed by atoms with van der Waals surface area (Å²) < 4.78 is 5.11. The number of nitrogens with one attached hydrogen (secondary N) is 1. The van der Waals surface area contributed by atoms with Crippen molar-refractivity contribution in [2.45, 2.75) is 46.1 Å². The van der Waals surface area contributed by atoms with Gasteiger partial charge in [0, 0.05) is 19.7 Å². The lowest BCUT2D eigenvalue weighted by molar-refractivity contribution is 0.167. The zero-order valence-electron chi connectivity index (χ0n) is 10.1. The number of rotatable bonds is 7. The van der Waals surface area contributed by atoms with Crippen molar-refractivity contribution in [1.82, 2.24) is 5.32 Å². The van der Waals surface area contributed by atoms with Crippen LogP contribution in [0.5, 0.6) is 0 Å². The number of hydrogen-bond donors (Lipinski definition) is 1. The summed E-state index contributed by atoms with van der Waals surface area (Å²) in [5.41, 5.74) is 0.635. The van der Waals surface area contributed by atoms with Crippen molar-refractivity contribution in [2.75, 3.05) is 20.3 Å². The summed E-state index contributed by atoms with van der Waals surface area (Å²) in [5.74, 6) is 0.831.